The Morgan fingerprint density at radius 2 is 2.00 bits per heavy atom. The summed E-state index contributed by atoms with van der Waals surface area (Å²) in [7, 11) is 0. The van der Waals surface area contributed by atoms with Gasteiger partial charge < -0.3 is 20.6 Å². The number of likely N-dealkylation sites (tertiary alicyclic amines) is 1. The molecule has 1 aliphatic heterocycles. The molecule has 7 heteroatoms. The number of benzene rings is 1. The van der Waals surface area contributed by atoms with E-state index in [0.717, 1.165) is 13.1 Å². The van der Waals surface area contributed by atoms with Gasteiger partial charge in [-0.05, 0) is 44.1 Å². The van der Waals surface area contributed by atoms with E-state index >= 15 is 0 Å². The number of anilines is 1. The lowest BCUT2D eigenvalue weighted by Gasteiger charge is -2.28. The van der Waals surface area contributed by atoms with Gasteiger partial charge in [-0.25, -0.2) is 4.79 Å². The van der Waals surface area contributed by atoms with Crippen molar-refractivity contribution in [2.75, 3.05) is 31.5 Å². The second-order valence-electron chi connectivity index (χ2n) is 5.47. The summed E-state index contributed by atoms with van der Waals surface area (Å²) in [5, 5.41) is 16.1. The molecule has 1 atom stereocenters. The lowest BCUT2D eigenvalue weighted by molar-refractivity contribution is 0.102. The van der Waals surface area contributed by atoms with Gasteiger partial charge >= 0.3 is 6.03 Å². The Morgan fingerprint density at radius 1 is 1.27 bits per heavy atom. The lowest BCUT2D eigenvalue weighted by Crippen LogP contribution is -2.43. The van der Waals surface area contributed by atoms with E-state index in [1.165, 1.54) is 19.3 Å². The van der Waals surface area contributed by atoms with Gasteiger partial charge in [-0.2, -0.15) is 0 Å². The Morgan fingerprint density at radius 3 is 2.68 bits per heavy atom. The maximum atomic E-state index is 11.8. The molecule has 1 unspecified atom stereocenters. The summed E-state index contributed by atoms with van der Waals surface area (Å²) in [6, 6.07) is 4.44. The third-order valence-corrected chi connectivity index (χ3v) is 4.14. The first-order valence-corrected chi connectivity index (χ1v) is 8.20. The van der Waals surface area contributed by atoms with E-state index in [1.807, 2.05) is 0 Å². The highest BCUT2D eigenvalue weighted by molar-refractivity contribution is 6.36. The second-order valence-corrected chi connectivity index (χ2v) is 6.32. The molecule has 0 spiro atoms. The van der Waals surface area contributed by atoms with Crippen LogP contribution in [-0.2, 0) is 0 Å². The zero-order chi connectivity index (χ0) is 15.9. The standard InChI is InChI=1S/C15H21Cl2N3O2/c16-11-4-5-14(13(17)8-11)19-15(22)18-9-12(21)10-20-6-2-1-3-7-20/h4-5,8,12,21H,1-3,6-7,9-10H2,(H2,18,19,22). The van der Waals surface area contributed by atoms with E-state index in [2.05, 4.69) is 15.5 Å². The van der Waals surface area contributed by atoms with Crippen LogP contribution in [0.1, 0.15) is 19.3 Å². The van der Waals surface area contributed by atoms with E-state index in [1.54, 1.807) is 18.2 Å². The van der Waals surface area contributed by atoms with Gasteiger partial charge in [0.15, 0.2) is 0 Å². The third-order valence-electron chi connectivity index (χ3n) is 3.60. The van der Waals surface area contributed by atoms with Crippen LogP contribution in [0.15, 0.2) is 18.2 Å². The number of halogens is 2. The van der Waals surface area contributed by atoms with Crippen LogP contribution in [0.4, 0.5) is 10.5 Å². The number of aliphatic hydroxyl groups is 1. The molecule has 2 rings (SSSR count). The molecule has 22 heavy (non-hydrogen) atoms. The van der Waals surface area contributed by atoms with Crippen LogP contribution in [0, 0.1) is 0 Å². The van der Waals surface area contributed by atoms with Crippen molar-refractivity contribution >= 4 is 34.9 Å². The number of β-amino-alcohol motifs (C(OH)–C–C–N with tert-alkyl or cyclic N) is 1. The smallest absolute Gasteiger partial charge is 0.319 e. The average molecular weight is 346 g/mol. The highest BCUT2D eigenvalue weighted by atomic mass is 35.5. The maximum absolute atomic E-state index is 11.8. The molecule has 1 aliphatic rings. The molecule has 1 aromatic carbocycles. The summed E-state index contributed by atoms with van der Waals surface area (Å²) >= 11 is 11.8. The summed E-state index contributed by atoms with van der Waals surface area (Å²) < 4.78 is 0. The normalized spacial score (nSPS) is 17.0. The van der Waals surface area contributed by atoms with Crippen molar-refractivity contribution in [3.63, 3.8) is 0 Å². The van der Waals surface area contributed by atoms with E-state index < -0.39 is 12.1 Å². The summed E-state index contributed by atoms with van der Waals surface area (Å²) in [6.45, 7) is 2.82. The first-order valence-electron chi connectivity index (χ1n) is 7.45. The molecule has 2 amide bonds. The van der Waals surface area contributed by atoms with Crippen molar-refractivity contribution in [3.05, 3.63) is 28.2 Å². The third kappa shape index (κ3) is 5.65. The number of rotatable bonds is 5. The first-order chi connectivity index (χ1) is 10.5. The predicted molar refractivity (Wildman–Crippen MR) is 89.8 cm³/mol. The van der Waals surface area contributed by atoms with Crippen molar-refractivity contribution < 1.29 is 9.90 Å². The Bertz CT molecular complexity index is 508. The number of nitrogens with zero attached hydrogens (tertiary/aromatic N) is 1. The number of urea groups is 1. The highest BCUT2D eigenvalue weighted by Gasteiger charge is 2.15. The van der Waals surface area contributed by atoms with Gasteiger partial charge in [0.2, 0.25) is 0 Å². The Hall–Kier alpha value is -1.01. The fourth-order valence-electron chi connectivity index (χ4n) is 2.47. The zero-order valence-corrected chi connectivity index (χ0v) is 13.8. The molecule has 0 aliphatic carbocycles. The van der Waals surface area contributed by atoms with Crippen LogP contribution >= 0.6 is 23.2 Å². The molecule has 0 radical (unpaired) electrons. The number of carbonyl (C=O) groups is 1. The van der Waals surface area contributed by atoms with Gasteiger partial charge in [0.25, 0.3) is 0 Å². The average Bonchev–Trinajstić information content (AvgIpc) is 2.49. The molecule has 0 bridgehead atoms. The Balaban J connectivity index is 1.72. The van der Waals surface area contributed by atoms with Gasteiger partial charge in [0.1, 0.15) is 0 Å². The van der Waals surface area contributed by atoms with Gasteiger partial charge in [-0.1, -0.05) is 29.6 Å². The van der Waals surface area contributed by atoms with Gasteiger partial charge in [0, 0.05) is 18.1 Å². The lowest BCUT2D eigenvalue weighted by atomic mass is 10.1. The molecule has 1 heterocycles. The van der Waals surface area contributed by atoms with Gasteiger partial charge in [0.05, 0.1) is 16.8 Å². The number of carbonyl (C=O) groups excluding carboxylic acids is 1. The quantitative estimate of drug-likeness (QED) is 0.768. The second kappa shape index (κ2) is 8.58. The van der Waals surface area contributed by atoms with Crippen molar-refractivity contribution in [1.29, 1.82) is 0 Å². The Labute approximate surface area is 140 Å². The predicted octanol–water partition coefficient (Wildman–Crippen LogP) is 2.96. The highest BCUT2D eigenvalue weighted by Crippen LogP contribution is 2.25. The fraction of sp³-hybridized carbons (Fsp3) is 0.533. The number of hydrogen-bond donors (Lipinski definition) is 3. The fourth-order valence-corrected chi connectivity index (χ4v) is 2.93. The van der Waals surface area contributed by atoms with Crippen LogP contribution in [0.5, 0.6) is 0 Å². The molecule has 0 aromatic heterocycles. The number of amides is 2. The van der Waals surface area contributed by atoms with Crippen LogP contribution in [-0.4, -0.2) is 48.3 Å². The molecule has 5 nitrogen and oxygen atoms in total. The zero-order valence-electron chi connectivity index (χ0n) is 12.3. The SMILES string of the molecule is O=C(NCC(O)CN1CCCCC1)Nc1ccc(Cl)cc1Cl. The number of piperidine rings is 1. The largest absolute Gasteiger partial charge is 0.390 e. The minimum Gasteiger partial charge on any atom is -0.390 e. The van der Waals surface area contributed by atoms with Crippen molar-refractivity contribution in [1.82, 2.24) is 10.2 Å². The molecule has 3 N–H and O–H groups in total. The van der Waals surface area contributed by atoms with Crippen LogP contribution < -0.4 is 10.6 Å². The molecule has 1 fully saturated rings. The van der Waals surface area contributed by atoms with Crippen molar-refractivity contribution in [2.24, 2.45) is 0 Å². The minimum atomic E-state index is -0.579. The molecule has 1 saturated heterocycles. The van der Waals surface area contributed by atoms with Crippen molar-refractivity contribution in [2.45, 2.75) is 25.4 Å². The topological polar surface area (TPSA) is 64.6 Å². The number of hydrogen-bond acceptors (Lipinski definition) is 3. The summed E-state index contributed by atoms with van der Waals surface area (Å²) in [5.41, 5.74) is 0.481. The van der Waals surface area contributed by atoms with E-state index in [0.29, 0.717) is 22.3 Å². The monoisotopic (exact) mass is 345 g/mol. The molecule has 1 aromatic rings. The number of aliphatic hydroxyl groups excluding tert-OH is 1. The summed E-state index contributed by atoms with van der Waals surface area (Å²) in [4.78, 5) is 14.0. The van der Waals surface area contributed by atoms with Gasteiger partial charge in [-0.3, -0.25) is 0 Å². The summed E-state index contributed by atoms with van der Waals surface area (Å²) in [5.74, 6) is 0. The van der Waals surface area contributed by atoms with E-state index in [9.17, 15) is 9.90 Å². The van der Waals surface area contributed by atoms with E-state index in [4.69, 9.17) is 23.2 Å². The number of nitrogens with one attached hydrogen (secondary N) is 2. The van der Waals surface area contributed by atoms with Crippen molar-refractivity contribution in [3.8, 4) is 0 Å². The molecule has 0 saturated carbocycles. The Kier molecular flexibility index (Phi) is 6.76. The van der Waals surface area contributed by atoms with Gasteiger partial charge in [-0.15, -0.1) is 0 Å². The maximum Gasteiger partial charge on any atom is 0.319 e. The molecular formula is C15H21Cl2N3O2. The first kappa shape index (κ1) is 17.3. The van der Waals surface area contributed by atoms with E-state index in [-0.39, 0.29) is 6.54 Å². The minimum absolute atomic E-state index is 0.202. The van der Waals surface area contributed by atoms with Crippen LogP contribution in [0.2, 0.25) is 10.0 Å². The molecular weight excluding hydrogens is 325 g/mol. The molecule has 122 valence electrons. The van der Waals surface area contributed by atoms with Crippen LogP contribution in [0.25, 0.3) is 0 Å². The summed E-state index contributed by atoms with van der Waals surface area (Å²) in [6.07, 6.45) is 3.03. The van der Waals surface area contributed by atoms with Crippen LogP contribution in [0.3, 0.4) is 0 Å².